The third kappa shape index (κ3) is 42.2. The Morgan fingerprint density at radius 2 is 0.821 bits per heavy atom. The number of carbonyl (C=O) groups is 2. The smallest absolute Gasteiger partial charge is 0.305 e. The van der Waals surface area contributed by atoms with Crippen LogP contribution in [-0.2, 0) is 14.3 Å². The summed E-state index contributed by atoms with van der Waals surface area (Å²) in [6, 6.07) is -0.636. The van der Waals surface area contributed by atoms with Crippen molar-refractivity contribution in [1.29, 1.82) is 0 Å². The molecule has 0 heterocycles. The lowest BCUT2D eigenvalue weighted by Crippen LogP contribution is -2.45. The molecule has 0 aromatic rings. The molecule has 0 aliphatic carbocycles. The summed E-state index contributed by atoms with van der Waals surface area (Å²) in [4.78, 5) is 24.4. The molecule has 0 saturated carbocycles. The average molecular weight is 792 g/mol. The van der Waals surface area contributed by atoms with Crippen LogP contribution >= 0.6 is 0 Å². The van der Waals surface area contributed by atoms with Gasteiger partial charge in [-0.05, 0) is 32.1 Å². The van der Waals surface area contributed by atoms with Crippen molar-refractivity contribution in [1.82, 2.24) is 5.32 Å². The second-order valence-electron chi connectivity index (χ2n) is 17.2. The number of allylic oxidation sites excluding steroid dienone is 1. The molecule has 0 fully saturated rings. The summed E-state index contributed by atoms with van der Waals surface area (Å²) in [6.45, 7) is 4.85. The van der Waals surface area contributed by atoms with Crippen LogP contribution in [0.4, 0.5) is 0 Å². The zero-order chi connectivity index (χ0) is 40.8. The summed E-state index contributed by atoms with van der Waals surface area (Å²) in [7, 11) is 0. The number of carbonyl (C=O) groups excluding carboxylic acids is 2. The maximum absolute atomic E-state index is 12.3. The number of aliphatic hydroxyl groups is 2. The highest BCUT2D eigenvalue weighted by Gasteiger charge is 2.18. The number of ether oxygens (including phenoxy) is 1. The highest BCUT2D eigenvalue weighted by atomic mass is 16.5. The quantitative estimate of drug-likeness (QED) is 0.0324. The maximum Gasteiger partial charge on any atom is 0.305 e. The standard InChI is InChI=1S/C50H97NO5/c1-3-5-7-9-11-13-14-15-16-17-18-19-20-24-28-32-36-40-44-50(55)56-45-41-37-33-29-25-22-21-23-27-31-35-39-43-49(54)51-47(46-52)48(53)42-38-34-30-26-12-10-8-6-4-2/h38,42,47-48,52-53H,3-37,39-41,43-46H2,1-2H3,(H,51,54)/b42-38+. The molecule has 2 unspecified atom stereocenters. The summed E-state index contributed by atoms with van der Waals surface area (Å²) < 4.78 is 5.47. The molecular formula is C50H97NO5. The molecule has 6 nitrogen and oxygen atoms in total. The summed E-state index contributed by atoms with van der Waals surface area (Å²) in [5.41, 5.74) is 0. The number of rotatable bonds is 46. The summed E-state index contributed by atoms with van der Waals surface area (Å²) in [5, 5.41) is 22.9. The van der Waals surface area contributed by atoms with Crippen LogP contribution in [-0.4, -0.2) is 47.4 Å². The molecular weight excluding hydrogens is 695 g/mol. The molecule has 0 aromatic carbocycles. The van der Waals surface area contributed by atoms with Gasteiger partial charge in [-0.1, -0.05) is 238 Å². The van der Waals surface area contributed by atoms with Gasteiger partial charge < -0.3 is 20.3 Å². The number of esters is 1. The van der Waals surface area contributed by atoms with Gasteiger partial charge in [-0.15, -0.1) is 0 Å². The summed E-state index contributed by atoms with van der Waals surface area (Å²) in [5.74, 6) is -0.0926. The Morgan fingerprint density at radius 3 is 1.21 bits per heavy atom. The second kappa shape index (κ2) is 46.3. The predicted molar refractivity (Wildman–Crippen MR) is 241 cm³/mol. The van der Waals surface area contributed by atoms with Gasteiger partial charge in [-0.3, -0.25) is 9.59 Å². The van der Waals surface area contributed by atoms with Crippen LogP contribution in [0.3, 0.4) is 0 Å². The third-order valence-corrected chi connectivity index (χ3v) is 11.6. The molecule has 332 valence electrons. The highest BCUT2D eigenvalue weighted by Crippen LogP contribution is 2.16. The Kier molecular flexibility index (Phi) is 45.1. The van der Waals surface area contributed by atoms with E-state index in [4.69, 9.17) is 4.74 Å². The van der Waals surface area contributed by atoms with Crippen molar-refractivity contribution in [3.05, 3.63) is 12.2 Å². The number of unbranched alkanes of at least 4 members (excludes halogenated alkanes) is 35. The van der Waals surface area contributed by atoms with E-state index in [0.717, 1.165) is 57.8 Å². The molecule has 0 aliphatic rings. The van der Waals surface area contributed by atoms with Crippen LogP contribution in [0.5, 0.6) is 0 Å². The lowest BCUT2D eigenvalue weighted by Gasteiger charge is -2.20. The Bertz CT molecular complexity index is 832. The number of hydrogen-bond acceptors (Lipinski definition) is 5. The van der Waals surface area contributed by atoms with Gasteiger partial charge in [0.05, 0.1) is 25.4 Å². The molecule has 0 aliphatic heterocycles. The molecule has 0 bridgehead atoms. The zero-order valence-corrected chi connectivity index (χ0v) is 37.6. The first-order chi connectivity index (χ1) is 27.5. The van der Waals surface area contributed by atoms with Gasteiger partial charge >= 0.3 is 5.97 Å². The van der Waals surface area contributed by atoms with Crippen LogP contribution in [0.1, 0.15) is 271 Å². The minimum absolute atomic E-state index is 0.00703. The number of amides is 1. The van der Waals surface area contributed by atoms with Gasteiger partial charge in [-0.2, -0.15) is 0 Å². The maximum atomic E-state index is 12.3. The minimum atomic E-state index is -0.851. The lowest BCUT2D eigenvalue weighted by atomic mass is 10.0. The van der Waals surface area contributed by atoms with Crippen LogP contribution in [0.25, 0.3) is 0 Å². The van der Waals surface area contributed by atoms with Crippen molar-refractivity contribution in [2.75, 3.05) is 13.2 Å². The second-order valence-corrected chi connectivity index (χ2v) is 17.2. The van der Waals surface area contributed by atoms with E-state index in [-0.39, 0.29) is 18.5 Å². The Labute approximate surface area is 349 Å². The SMILES string of the molecule is CCCCCCCCC/C=C/C(O)C(CO)NC(=O)CCCCCCCCCCCCCCOC(=O)CCCCCCCCCCCCCCCCCCCC. The summed E-state index contributed by atoms with van der Waals surface area (Å²) in [6.07, 6.45) is 52.1. The number of hydrogen-bond donors (Lipinski definition) is 3. The molecule has 6 heteroatoms. The van der Waals surface area contributed by atoms with E-state index >= 15 is 0 Å². The van der Waals surface area contributed by atoms with Crippen molar-refractivity contribution in [2.24, 2.45) is 0 Å². The van der Waals surface area contributed by atoms with Crippen LogP contribution in [0.2, 0.25) is 0 Å². The molecule has 0 saturated heterocycles. The van der Waals surface area contributed by atoms with Crippen LogP contribution in [0.15, 0.2) is 12.2 Å². The van der Waals surface area contributed by atoms with Crippen molar-refractivity contribution < 1.29 is 24.5 Å². The fourth-order valence-corrected chi connectivity index (χ4v) is 7.69. The molecule has 2 atom stereocenters. The van der Waals surface area contributed by atoms with Gasteiger partial charge in [0.25, 0.3) is 0 Å². The Hall–Kier alpha value is -1.40. The van der Waals surface area contributed by atoms with Gasteiger partial charge in [-0.25, -0.2) is 0 Å². The Morgan fingerprint density at radius 1 is 0.482 bits per heavy atom. The highest BCUT2D eigenvalue weighted by molar-refractivity contribution is 5.76. The first-order valence-corrected chi connectivity index (χ1v) is 25.0. The fourth-order valence-electron chi connectivity index (χ4n) is 7.69. The number of aliphatic hydroxyl groups excluding tert-OH is 2. The molecule has 3 N–H and O–H groups in total. The topological polar surface area (TPSA) is 95.9 Å². The van der Waals surface area contributed by atoms with Crippen LogP contribution < -0.4 is 5.32 Å². The molecule has 56 heavy (non-hydrogen) atoms. The monoisotopic (exact) mass is 792 g/mol. The van der Waals surface area contributed by atoms with E-state index in [1.165, 1.54) is 186 Å². The van der Waals surface area contributed by atoms with E-state index in [2.05, 4.69) is 19.2 Å². The van der Waals surface area contributed by atoms with Gasteiger partial charge in [0, 0.05) is 12.8 Å². The van der Waals surface area contributed by atoms with E-state index in [1.54, 1.807) is 6.08 Å². The molecule has 0 rings (SSSR count). The normalized spacial score (nSPS) is 12.7. The lowest BCUT2D eigenvalue weighted by molar-refractivity contribution is -0.143. The average Bonchev–Trinajstić information content (AvgIpc) is 3.20. The fraction of sp³-hybridized carbons (Fsp3) is 0.920. The van der Waals surface area contributed by atoms with E-state index < -0.39 is 12.1 Å². The Balaban J connectivity index is 3.42. The molecule has 0 spiro atoms. The van der Waals surface area contributed by atoms with E-state index in [0.29, 0.717) is 19.4 Å². The molecule has 1 amide bonds. The summed E-state index contributed by atoms with van der Waals surface area (Å²) >= 11 is 0. The van der Waals surface area contributed by atoms with Gasteiger partial charge in [0.2, 0.25) is 5.91 Å². The minimum Gasteiger partial charge on any atom is -0.466 e. The van der Waals surface area contributed by atoms with Crippen molar-refractivity contribution in [2.45, 2.75) is 283 Å². The predicted octanol–water partition coefficient (Wildman–Crippen LogP) is 14.6. The zero-order valence-electron chi connectivity index (χ0n) is 37.6. The van der Waals surface area contributed by atoms with E-state index in [1.807, 2.05) is 6.08 Å². The van der Waals surface area contributed by atoms with Crippen molar-refractivity contribution in [3.63, 3.8) is 0 Å². The first kappa shape index (κ1) is 54.6. The first-order valence-electron chi connectivity index (χ1n) is 25.0. The van der Waals surface area contributed by atoms with Crippen molar-refractivity contribution in [3.8, 4) is 0 Å². The third-order valence-electron chi connectivity index (χ3n) is 11.6. The van der Waals surface area contributed by atoms with Crippen molar-refractivity contribution >= 4 is 11.9 Å². The van der Waals surface area contributed by atoms with Crippen LogP contribution in [0, 0.1) is 0 Å². The molecule has 0 radical (unpaired) electrons. The number of nitrogens with one attached hydrogen (secondary N) is 1. The van der Waals surface area contributed by atoms with Gasteiger partial charge in [0.1, 0.15) is 0 Å². The van der Waals surface area contributed by atoms with Gasteiger partial charge in [0.15, 0.2) is 0 Å². The largest absolute Gasteiger partial charge is 0.466 e. The molecule has 0 aromatic heterocycles. The van der Waals surface area contributed by atoms with E-state index in [9.17, 15) is 19.8 Å².